The molecular formula is C96H96F2O6. The van der Waals surface area contributed by atoms with Gasteiger partial charge >= 0.3 is 0 Å². The van der Waals surface area contributed by atoms with Gasteiger partial charge in [-0.3, -0.25) is 9.59 Å². The van der Waals surface area contributed by atoms with Crippen LogP contribution in [0, 0.1) is 113 Å². The monoisotopic (exact) mass is 1380 g/mol. The number of aromatic hydroxyl groups is 2. The Morgan fingerprint density at radius 1 is 0.346 bits per heavy atom. The Bertz CT molecular complexity index is 4560. The molecule has 530 valence electrons. The fraction of sp³-hybridized carbons (Fsp3) is 0.438. The quantitative estimate of drug-likeness (QED) is 0.0990. The molecule has 24 rings (SSSR count). The van der Waals surface area contributed by atoms with E-state index in [2.05, 4.69) is 60.9 Å². The summed E-state index contributed by atoms with van der Waals surface area (Å²) in [6.07, 6.45) is 32.7. The lowest BCUT2D eigenvalue weighted by Gasteiger charge is -2.58. The molecule has 0 spiro atoms. The fourth-order valence-corrected chi connectivity index (χ4v) is 25.5. The largest absolute Gasteiger partial charge is 0.508 e. The molecule has 0 atom stereocenters. The summed E-state index contributed by atoms with van der Waals surface area (Å²) in [7, 11) is 1.86. The minimum atomic E-state index is -0.384. The van der Waals surface area contributed by atoms with Crippen molar-refractivity contribution in [1.29, 1.82) is 0 Å². The summed E-state index contributed by atoms with van der Waals surface area (Å²) in [5, 5.41) is 22.0. The number of halogens is 2. The maximum Gasteiger partial charge on any atom is 0.193 e. The third-order valence-electron chi connectivity index (χ3n) is 28.2. The lowest BCUT2D eigenvalue weighted by Crippen LogP contribution is -2.50. The van der Waals surface area contributed by atoms with Crippen LogP contribution in [-0.4, -0.2) is 28.9 Å². The van der Waals surface area contributed by atoms with Crippen molar-refractivity contribution >= 4 is 11.6 Å². The molecule has 0 aliphatic heterocycles. The molecular weight excluding hydrogens is 1290 g/mol. The van der Waals surface area contributed by atoms with Gasteiger partial charge in [-0.05, 0) is 375 Å². The van der Waals surface area contributed by atoms with Gasteiger partial charge in [0.05, 0.1) is 7.11 Å². The zero-order chi connectivity index (χ0) is 70.6. The first-order chi connectivity index (χ1) is 50.4. The highest BCUT2D eigenvalue weighted by atomic mass is 19.1. The minimum Gasteiger partial charge on any atom is -0.508 e. The van der Waals surface area contributed by atoms with Gasteiger partial charge in [0, 0.05) is 78.9 Å². The highest BCUT2D eigenvalue weighted by Gasteiger charge is 2.58. The van der Waals surface area contributed by atoms with E-state index < -0.39 is 0 Å². The van der Waals surface area contributed by atoms with Gasteiger partial charge in [0.2, 0.25) is 0 Å². The lowest BCUT2D eigenvalue weighted by atomic mass is 9.46. The molecule has 6 nitrogen and oxygen atoms in total. The van der Waals surface area contributed by atoms with E-state index in [1.54, 1.807) is 42.5 Å². The van der Waals surface area contributed by atoms with Gasteiger partial charge < -0.3 is 19.7 Å². The predicted octanol–water partition coefficient (Wildman–Crippen LogP) is 22.0. The first-order valence-corrected chi connectivity index (χ1v) is 39.4. The zero-order valence-electron chi connectivity index (χ0n) is 60.3. The highest BCUT2D eigenvalue weighted by molar-refractivity contribution is 6.09. The van der Waals surface area contributed by atoms with Crippen molar-refractivity contribution < 1.29 is 38.1 Å². The third-order valence-corrected chi connectivity index (χ3v) is 28.2. The molecule has 0 radical (unpaired) electrons. The molecule has 0 amide bonds. The standard InChI is InChI=1S/C49H50O3.C26H34O2.C21H12F2O/c1-31-6-8-32(9-7-31)10-11-33-4-3-5-41(22-33)47(50)40-12-14-42(15-13-40)52-46-24-45(51-2)43(48-25-34-16-35(26-48)18-36(17-34)27-48)23-44(46)49-28-37-19-38(29-49)21-39(20-37)30-49;27-23-8-24(28)22(26-12-18-4-19(13-26)6-20(5-18)14-26)7-21(23)25-9-15-1-16(10-25)3-17(2-15)11-25;22-19-10-6-15(7-11-19)4-5-16-2-1-3-18(14-16)21(24)17-8-12-20(23)13-9-17/h3-9,12-15,22-24,34-39H,16-21,25-30H2,1-2H3;7-8,15-20,27-28H,1-6,9-14H2;1-3,6-14H. The fourth-order valence-electron chi connectivity index (χ4n) is 25.5. The number of phenols is 2. The van der Waals surface area contributed by atoms with E-state index in [1.165, 1.54) is 218 Å². The van der Waals surface area contributed by atoms with Gasteiger partial charge in [0.15, 0.2) is 11.6 Å². The molecule has 16 bridgehead atoms. The van der Waals surface area contributed by atoms with Crippen LogP contribution in [0.3, 0.4) is 0 Å². The molecule has 16 aliphatic rings. The summed E-state index contributed by atoms with van der Waals surface area (Å²) in [6.45, 7) is 2.07. The maximum absolute atomic E-state index is 13.7. The average Bonchev–Trinajstić information content (AvgIpc) is 0.718. The van der Waals surface area contributed by atoms with Gasteiger partial charge in [0.25, 0.3) is 0 Å². The van der Waals surface area contributed by atoms with Crippen LogP contribution in [0.5, 0.6) is 28.7 Å². The molecule has 8 heteroatoms. The molecule has 8 aromatic rings. The van der Waals surface area contributed by atoms with E-state index in [0.29, 0.717) is 44.9 Å². The van der Waals surface area contributed by atoms with Gasteiger partial charge in [0.1, 0.15) is 40.4 Å². The summed E-state index contributed by atoms with van der Waals surface area (Å²) in [5.74, 6) is 25.4. The number of carbonyl (C=O) groups excluding carboxylic acids is 2. The summed E-state index contributed by atoms with van der Waals surface area (Å²) in [5.41, 5.74) is 12.7. The number of ether oxygens (including phenoxy) is 2. The summed E-state index contributed by atoms with van der Waals surface area (Å²) < 4.78 is 39.1. The molecule has 0 saturated heterocycles. The number of hydrogen-bond donors (Lipinski definition) is 2. The number of rotatable bonds is 11. The van der Waals surface area contributed by atoms with E-state index in [9.17, 15) is 28.6 Å². The van der Waals surface area contributed by atoms with Crippen molar-refractivity contribution in [3.63, 3.8) is 0 Å². The number of phenolic OH excluding ortho intramolecular Hbond substituents is 2. The normalized spacial score (nSPS) is 31.8. The summed E-state index contributed by atoms with van der Waals surface area (Å²) in [4.78, 5) is 26.1. The topological polar surface area (TPSA) is 93.1 Å². The van der Waals surface area contributed by atoms with E-state index in [-0.39, 0.29) is 44.9 Å². The summed E-state index contributed by atoms with van der Waals surface area (Å²) in [6, 6.07) is 50.8. The number of ketones is 2. The Kier molecular flexibility index (Phi) is 17.2. The molecule has 16 aliphatic carbocycles. The molecule has 2 N–H and O–H groups in total. The molecule has 104 heavy (non-hydrogen) atoms. The van der Waals surface area contributed by atoms with E-state index >= 15 is 0 Å². The molecule has 16 saturated carbocycles. The molecule has 0 unspecified atom stereocenters. The van der Waals surface area contributed by atoms with Crippen molar-refractivity contribution in [2.75, 3.05) is 7.11 Å². The van der Waals surface area contributed by atoms with Crippen molar-refractivity contribution in [3.05, 3.63) is 254 Å². The first kappa shape index (κ1) is 67.2. The second kappa shape index (κ2) is 26.7. The van der Waals surface area contributed by atoms with Gasteiger partial charge in [-0.2, -0.15) is 0 Å². The van der Waals surface area contributed by atoms with E-state index in [4.69, 9.17) is 9.47 Å². The second-order valence-corrected chi connectivity index (χ2v) is 35.6. The number of benzene rings is 8. The van der Waals surface area contributed by atoms with Gasteiger partial charge in [-0.1, -0.05) is 65.6 Å². The Labute approximate surface area is 613 Å². The first-order valence-electron chi connectivity index (χ1n) is 39.4. The van der Waals surface area contributed by atoms with E-state index in [0.717, 1.165) is 99.4 Å². The third kappa shape index (κ3) is 13.0. The number of methoxy groups -OCH3 is 1. The van der Waals surface area contributed by atoms with Crippen LogP contribution in [0.1, 0.15) is 236 Å². The van der Waals surface area contributed by atoms with E-state index in [1.807, 2.05) is 67.8 Å². The minimum absolute atomic E-state index is 0.0126. The van der Waals surface area contributed by atoms with Gasteiger partial charge in [-0.25, -0.2) is 8.78 Å². The average molecular weight is 1380 g/mol. The zero-order valence-corrected chi connectivity index (χ0v) is 60.3. The Balaban J connectivity index is 0.000000124. The van der Waals surface area contributed by atoms with Crippen LogP contribution in [0.4, 0.5) is 8.78 Å². The number of carbonyl (C=O) groups is 2. The highest BCUT2D eigenvalue weighted by Crippen LogP contribution is 2.68. The molecule has 0 aromatic heterocycles. The Morgan fingerprint density at radius 3 is 1.02 bits per heavy atom. The molecule has 16 fully saturated rings. The van der Waals surface area contributed by atoms with Crippen molar-refractivity contribution in [3.8, 4) is 52.4 Å². The van der Waals surface area contributed by atoms with Gasteiger partial charge in [-0.15, -0.1) is 0 Å². The van der Waals surface area contributed by atoms with Crippen LogP contribution in [0.2, 0.25) is 0 Å². The van der Waals surface area contributed by atoms with Crippen LogP contribution in [0.25, 0.3) is 0 Å². The SMILES string of the molecule is COc1cc(Oc2ccc(C(=O)c3cccc(C#Cc4ccc(C)cc4)c3)cc2)c(C23CC4CC(CC(C4)C2)C3)cc1C12CC3CC(CC(C3)C1)C2.O=C(c1ccc(F)cc1)c1cccc(C#Cc2ccc(F)cc2)c1.Oc1cc(O)c(C23CC4CC(CC(C4)C2)C3)cc1C12CC3CC(CC(C3)C1)C2. The van der Waals surface area contributed by atoms with Crippen LogP contribution >= 0.6 is 0 Å². The van der Waals surface area contributed by atoms with Crippen LogP contribution in [0.15, 0.2) is 170 Å². The number of hydrogen-bond acceptors (Lipinski definition) is 6. The molecule has 0 heterocycles. The maximum atomic E-state index is 13.7. The predicted molar refractivity (Wildman–Crippen MR) is 404 cm³/mol. The van der Waals surface area contributed by atoms with Crippen molar-refractivity contribution in [2.24, 2.45) is 71.0 Å². The summed E-state index contributed by atoms with van der Waals surface area (Å²) >= 11 is 0. The lowest BCUT2D eigenvalue weighted by molar-refractivity contribution is -0.00983. The smallest absolute Gasteiger partial charge is 0.193 e. The van der Waals surface area contributed by atoms with Crippen molar-refractivity contribution in [2.45, 2.75) is 183 Å². The van der Waals surface area contributed by atoms with Crippen LogP contribution < -0.4 is 9.47 Å². The number of aryl methyl sites for hydroxylation is 1. The van der Waals surface area contributed by atoms with Crippen LogP contribution in [-0.2, 0) is 21.7 Å². The van der Waals surface area contributed by atoms with Crippen molar-refractivity contribution in [1.82, 2.24) is 0 Å². The Hall–Kier alpha value is -8.72. The second-order valence-electron chi connectivity index (χ2n) is 35.6. The molecule has 8 aromatic carbocycles. The Morgan fingerprint density at radius 2 is 0.654 bits per heavy atom.